The molecule has 2 N–H and O–H groups in total. The van der Waals surface area contributed by atoms with Gasteiger partial charge in [-0.25, -0.2) is 4.98 Å². The van der Waals surface area contributed by atoms with Crippen LogP contribution in [-0.2, 0) is 5.41 Å². The summed E-state index contributed by atoms with van der Waals surface area (Å²) in [6, 6.07) is 0. The lowest BCUT2D eigenvalue weighted by Crippen LogP contribution is -2.41. The van der Waals surface area contributed by atoms with Crippen molar-refractivity contribution in [1.82, 2.24) is 4.98 Å². The first kappa shape index (κ1) is 9.40. The highest BCUT2D eigenvalue weighted by molar-refractivity contribution is 5.16. The first-order chi connectivity index (χ1) is 7.34. The van der Waals surface area contributed by atoms with Crippen molar-refractivity contribution in [2.45, 2.75) is 49.9 Å². The number of oxazole rings is 1. The molecule has 1 aromatic rings. The van der Waals surface area contributed by atoms with Gasteiger partial charge >= 0.3 is 0 Å². The van der Waals surface area contributed by atoms with E-state index in [1.807, 2.05) is 6.26 Å². The number of hydrogen-bond acceptors (Lipinski definition) is 3. The van der Waals surface area contributed by atoms with Gasteiger partial charge in [0.15, 0.2) is 0 Å². The minimum absolute atomic E-state index is 0.0853. The molecule has 2 aliphatic carbocycles. The van der Waals surface area contributed by atoms with Crippen molar-refractivity contribution >= 4 is 0 Å². The van der Waals surface area contributed by atoms with Gasteiger partial charge in [0, 0.05) is 12.5 Å². The first-order valence-corrected chi connectivity index (χ1v) is 6.00. The highest BCUT2D eigenvalue weighted by atomic mass is 16.3. The normalized spacial score (nSPS) is 24.6. The predicted molar refractivity (Wildman–Crippen MR) is 57.7 cm³/mol. The molecule has 3 nitrogen and oxygen atoms in total. The summed E-state index contributed by atoms with van der Waals surface area (Å²) in [7, 11) is 0. The van der Waals surface area contributed by atoms with Crippen LogP contribution in [0.3, 0.4) is 0 Å². The Bertz CT molecular complexity index is 345. The molecule has 0 radical (unpaired) electrons. The lowest BCUT2D eigenvalue weighted by Gasteiger charge is -2.37. The zero-order chi connectivity index (χ0) is 10.3. The van der Waals surface area contributed by atoms with E-state index in [0.717, 1.165) is 24.4 Å². The molecule has 2 saturated carbocycles. The molecule has 0 bridgehead atoms. The van der Waals surface area contributed by atoms with E-state index in [9.17, 15) is 0 Å². The molecule has 0 aromatic carbocycles. The minimum atomic E-state index is 0.0853. The molecule has 0 spiro atoms. The van der Waals surface area contributed by atoms with Crippen molar-refractivity contribution < 1.29 is 4.42 Å². The third-order valence-electron chi connectivity index (χ3n) is 4.20. The molecule has 15 heavy (non-hydrogen) atoms. The second-order valence-electron chi connectivity index (χ2n) is 5.04. The summed E-state index contributed by atoms with van der Waals surface area (Å²) in [4.78, 5) is 4.65. The third kappa shape index (κ3) is 1.33. The van der Waals surface area contributed by atoms with E-state index in [0.29, 0.717) is 12.5 Å². The van der Waals surface area contributed by atoms with Crippen molar-refractivity contribution in [1.29, 1.82) is 0 Å². The highest BCUT2D eigenvalue weighted by Gasteiger charge is 2.42. The van der Waals surface area contributed by atoms with Crippen LogP contribution < -0.4 is 5.73 Å². The van der Waals surface area contributed by atoms with Crippen LogP contribution >= 0.6 is 0 Å². The summed E-state index contributed by atoms with van der Waals surface area (Å²) >= 11 is 0. The van der Waals surface area contributed by atoms with E-state index in [4.69, 9.17) is 10.2 Å². The number of aromatic nitrogens is 1. The van der Waals surface area contributed by atoms with E-state index in [-0.39, 0.29) is 5.41 Å². The molecule has 0 unspecified atom stereocenters. The molecule has 1 heterocycles. The Morgan fingerprint density at radius 2 is 2.20 bits per heavy atom. The molecule has 0 saturated heterocycles. The summed E-state index contributed by atoms with van der Waals surface area (Å²) < 4.78 is 5.63. The number of nitrogens with two attached hydrogens (primary N) is 1. The van der Waals surface area contributed by atoms with Crippen LogP contribution in [0, 0.1) is 0 Å². The highest BCUT2D eigenvalue weighted by Crippen LogP contribution is 2.44. The van der Waals surface area contributed by atoms with Gasteiger partial charge in [-0.3, -0.25) is 0 Å². The summed E-state index contributed by atoms with van der Waals surface area (Å²) in [5, 5.41) is 0. The Balaban J connectivity index is 1.82. The minimum Gasteiger partial charge on any atom is -0.448 e. The molecular weight excluding hydrogens is 188 g/mol. The van der Waals surface area contributed by atoms with Gasteiger partial charge in [-0.05, 0) is 25.7 Å². The first-order valence-electron chi connectivity index (χ1n) is 6.00. The monoisotopic (exact) mass is 206 g/mol. The zero-order valence-electron chi connectivity index (χ0n) is 9.04. The second kappa shape index (κ2) is 3.34. The Morgan fingerprint density at radius 3 is 2.67 bits per heavy atom. The number of nitrogens with zero attached hydrogens (tertiary/aromatic N) is 1. The molecule has 3 heteroatoms. The molecule has 0 amide bonds. The standard InChI is InChI=1S/C12H18N2O/c13-8-12(5-2-6-12)11-14-10(7-15-11)9-3-1-4-9/h7,9H,1-6,8,13H2. The van der Waals surface area contributed by atoms with Gasteiger partial charge in [-0.15, -0.1) is 0 Å². The fourth-order valence-electron chi connectivity index (χ4n) is 2.53. The molecule has 0 aliphatic heterocycles. The van der Waals surface area contributed by atoms with Crippen molar-refractivity contribution in [2.75, 3.05) is 6.54 Å². The third-order valence-corrected chi connectivity index (χ3v) is 4.20. The van der Waals surface area contributed by atoms with E-state index in [1.54, 1.807) is 0 Å². The Kier molecular flexibility index (Phi) is 2.09. The molecule has 0 atom stereocenters. The smallest absolute Gasteiger partial charge is 0.201 e. The number of rotatable bonds is 3. The van der Waals surface area contributed by atoms with Crippen LogP contribution in [0.1, 0.15) is 56.0 Å². The lowest BCUT2D eigenvalue weighted by atomic mass is 9.68. The van der Waals surface area contributed by atoms with Crippen LogP contribution in [-0.4, -0.2) is 11.5 Å². The van der Waals surface area contributed by atoms with Crippen molar-refractivity contribution in [3.63, 3.8) is 0 Å². The van der Waals surface area contributed by atoms with Crippen LogP contribution in [0.4, 0.5) is 0 Å². The van der Waals surface area contributed by atoms with Gasteiger partial charge < -0.3 is 10.2 Å². The zero-order valence-corrected chi connectivity index (χ0v) is 9.04. The molecule has 82 valence electrons. The summed E-state index contributed by atoms with van der Waals surface area (Å²) in [6.07, 6.45) is 9.31. The maximum absolute atomic E-state index is 5.83. The van der Waals surface area contributed by atoms with Crippen molar-refractivity contribution in [2.24, 2.45) is 5.73 Å². The Morgan fingerprint density at radius 1 is 1.40 bits per heavy atom. The molecule has 1 aromatic heterocycles. The van der Waals surface area contributed by atoms with Crippen LogP contribution in [0.15, 0.2) is 10.7 Å². The summed E-state index contributed by atoms with van der Waals surface area (Å²) in [6.45, 7) is 0.678. The largest absolute Gasteiger partial charge is 0.448 e. The summed E-state index contributed by atoms with van der Waals surface area (Å²) in [5.41, 5.74) is 7.08. The van der Waals surface area contributed by atoms with Crippen LogP contribution in [0.2, 0.25) is 0 Å². The molecule has 3 rings (SSSR count). The molecule has 2 fully saturated rings. The van der Waals surface area contributed by atoms with Crippen molar-refractivity contribution in [3.8, 4) is 0 Å². The second-order valence-corrected chi connectivity index (χ2v) is 5.04. The summed E-state index contributed by atoms with van der Waals surface area (Å²) in [5.74, 6) is 1.57. The fraction of sp³-hybridized carbons (Fsp3) is 0.750. The predicted octanol–water partition coefficient (Wildman–Crippen LogP) is 2.32. The maximum Gasteiger partial charge on any atom is 0.201 e. The average molecular weight is 206 g/mol. The average Bonchev–Trinajstić information content (AvgIpc) is 2.50. The van der Waals surface area contributed by atoms with Gasteiger partial charge in [0.2, 0.25) is 5.89 Å². The molecular formula is C12H18N2O. The van der Waals surface area contributed by atoms with Gasteiger partial charge in [-0.1, -0.05) is 12.8 Å². The van der Waals surface area contributed by atoms with E-state index in [2.05, 4.69) is 4.98 Å². The van der Waals surface area contributed by atoms with Crippen LogP contribution in [0.25, 0.3) is 0 Å². The van der Waals surface area contributed by atoms with E-state index < -0.39 is 0 Å². The van der Waals surface area contributed by atoms with E-state index >= 15 is 0 Å². The Hall–Kier alpha value is -0.830. The SMILES string of the molecule is NCC1(c2nc(C3CCC3)co2)CCC1. The maximum atomic E-state index is 5.83. The van der Waals surface area contributed by atoms with Gasteiger partial charge in [0.05, 0.1) is 11.1 Å². The molecule has 2 aliphatic rings. The van der Waals surface area contributed by atoms with Crippen molar-refractivity contribution in [3.05, 3.63) is 17.8 Å². The van der Waals surface area contributed by atoms with Gasteiger partial charge in [-0.2, -0.15) is 0 Å². The fourth-order valence-corrected chi connectivity index (χ4v) is 2.53. The topological polar surface area (TPSA) is 52.0 Å². The number of hydrogen-bond donors (Lipinski definition) is 1. The van der Waals surface area contributed by atoms with Gasteiger partial charge in [0.25, 0.3) is 0 Å². The Labute approximate surface area is 90.1 Å². The van der Waals surface area contributed by atoms with Gasteiger partial charge in [0.1, 0.15) is 6.26 Å². The van der Waals surface area contributed by atoms with Crippen LogP contribution in [0.5, 0.6) is 0 Å². The lowest BCUT2D eigenvalue weighted by molar-refractivity contribution is 0.199. The quantitative estimate of drug-likeness (QED) is 0.825. The van der Waals surface area contributed by atoms with E-state index in [1.165, 1.54) is 25.7 Å².